The van der Waals surface area contributed by atoms with Gasteiger partial charge in [-0.2, -0.15) is 0 Å². The maximum Gasteiger partial charge on any atom is 0.166 e. The van der Waals surface area contributed by atoms with Gasteiger partial charge in [-0.1, -0.05) is 50.9 Å². The highest BCUT2D eigenvalue weighted by molar-refractivity contribution is 6.31. The molecule has 8 unspecified atom stereocenters. The molecule has 1 nitrogen and oxygen atoms in total. The molecule has 8 atom stereocenters. The fourth-order valence-corrected chi connectivity index (χ4v) is 8.94. The van der Waals surface area contributed by atoms with Crippen molar-refractivity contribution >= 4 is 17.4 Å². The topological polar surface area (TPSA) is 17.1 Å². The van der Waals surface area contributed by atoms with Crippen molar-refractivity contribution in [3.63, 3.8) is 0 Å². The number of benzene rings is 1. The Morgan fingerprint density at radius 3 is 2.52 bits per heavy atom. The summed E-state index contributed by atoms with van der Waals surface area (Å²) in [5, 5.41) is 0.678. The lowest BCUT2D eigenvalue weighted by molar-refractivity contribution is -0.114. The number of hydrogen-bond acceptors (Lipinski definition) is 1. The summed E-state index contributed by atoms with van der Waals surface area (Å²) in [4.78, 5) is 13.5. The average molecular weight is 413 g/mol. The van der Waals surface area contributed by atoms with Crippen molar-refractivity contribution in [1.82, 2.24) is 0 Å². The summed E-state index contributed by atoms with van der Waals surface area (Å²) < 4.78 is 0. The molecule has 0 saturated heterocycles. The third kappa shape index (κ3) is 3.05. The Hall–Kier alpha value is -0.820. The van der Waals surface area contributed by atoms with Gasteiger partial charge in [0.25, 0.3) is 0 Å². The molecule has 0 N–H and O–H groups in total. The first-order valence-corrected chi connectivity index (χ1v) is 12.5. The Labute approximate surface area is 182 Å². The van der Waals surface area contributed by atoms with Crippen LogP contribution in [0.5, 0.6) is 0 Å². The summed E-state index contributed by atoms with van der Waals surface area (Å²) in [5.41, 5.74) is 1.57. The Kier molecular flexibility index (Phi) is 4.93. The molecule has 0 aliphatic heterocycles. The van der Waals surface area contributed by atoms with Gasteiger partial charge in [0.15, 0.2) is 5.78 Å². The van der Waals surface area contributed by atoms with E-state index in [0.29, 0.717) is 16.2 Å². The van der Waals surface area contributed by atoms with Gasteiger partial charge in [-0.3, -0.25) is 4.79 Å². The predicted octanol–water partition coefficient (Wildman–Crippen LogP) is 7.82. The standard InChI is InChI=1S/C27H37ClO/c1-17-11-13-26(2)19(15-17)7-8-21-22-9-10-24(27(22,3)14-12-23(21)26)25(29)18-5-4-6-20(28)16-18/h4-6,16-17,19,21-24H,7-15H2,1-3H3. The quantitative estimate of drug-likeness (QED) is 0.452. The van der Waals surface area contributed by atoms with Crippen molar-refractivity contribution in [2.45, 2.75) is 78.6 Å². The van der Waals surface area contributed by atoms with Gasteiger partial charge in [0.05, 0.1) is 0 Å². The molecule has 4 saturated carbocycles. The number of hydrogen-bond donors (Lipinski definition) is 0. The molecule has 2 heteroatoms. The van der Waals surface area contributed by atoms with Crippen LogP contribution in [0, 0.1) is 46.3 Å². The first kappa shape index (κ1) is 20.1. The molecule has 5 rings (SSSR count). The van der Waals surface area contributed by atoms with E-state index in [1.54, 1.807) is 0 Å². The molecule has 4 aliphatic rings. The van der Waals surface area contributed by atoms with E-state index in [1.807, 2.05) is 24.3 Å². The van der Waals surface area contributed by atoms with Crippen LogP contribution in [0.3, 0.4) is 0 Å². The van der Waals surface area contributed by atoms with Crippen molar-refractivity contribution in [1.29, 1.82) is 0 Å². The molecule has 4 fully saturated rings. The first-order chi connectivity index (χ1) is 13.8. The van der Waals surface area contributed by atoms with Crippen LogP contribution in [-0.4, -0.2) is 5.78 Å². The van der Waals surface area contributed by atoms with Gasteiger partial charge < -0.3 is 0 Å². The lowest BCUT2D eigenvalue weighted by Crippen LogP contribution is -2.53. The van der Waals surface area contributed by atoms with E-state index in [0.717, 1.165) is 41.6 Å². The Morgan fingerprint density at radius 2 is 1.72 bits per heavy atom. The summed E-state index contributed by atoms with van der Waals surface area (Å²) >= 11 is 6.20. The summed E-state index contributed by atoms with van der Waals surface area (Å²) in [6.07, 6.45) is 12.1. The van der Waals surface area contributed by atoms with E-state index in [2.05, 4.69) is 20.8 Å². The van der Waals surface area contributed by atoms with Gasteiger partial charge in [0.1, 0.15) is 0 Å². The van der Waals surface area contributed by atoms with Crippen LogP contribution in [0.1, 0.15) is 88.9 Å². The van der Waals surface area contributed by atoms with Gasteiger partial charge >= 0.3 is 0 Å². The molecular formula is C27H37ClO. The second kappa shape index (κ2) is 7.11. The first-order valence-electron chi connectivity index (χ1n) is 12.1. The Morgan fingerprint density at radius 1 is 0.966 bits per heavy atom. The van der Waals surface area contributed by atoms with E-state index in [9.17, 15) is 4.79 Å². The molecule has 158 valence electrons. The number of ketones is 1. The predicted molar refractivity (Wildman–Crippen MR) is 120 cm³/mol. The minimum atomic E-state index is 0.184. The summed E-state index contributed by atoms with van der Waals surface area (Å²) in [5.74, 6) is 4.89. The maximum absolute atomic E-state index is 13.5. The second-order valence-electron chi connectivity index (χ2n) is 11.6. The van der Waals surface area contributed by atoms with Crippen LogP contribution in [0.25, 0.3) is 0 Å². The lowest BCUT2D eigenvalue weighted by atomic mass is 9.44. The smallest absolute Gasteiger partial charge is 0.166 e. The molecule has 0 amide bonds. The van der Waals surface area contributed by atoms with Crippen molar-refractivity contribution in [2.24, 2.45) is 46.3 Å². The molecule has 1 aromatic carbocycles. The molecule has 4 aliphatic carbocycles. The monoisotopic (exact) mass is 412 g/mol. The minimum absolute atomic E-state index is 0.184. The molecule has 0 aromatic heterocycles. The average Bonchev–Trinajstić information content (AvgIpc) is 3.05. The zero-order chi connectivity index (χ0) is 20.4. The van der Waals surface area contributed by atoms with Gasteiger partial charge in [0, 0.05) is 16.5 Å². The van der Waals surface area contributed by atoms with Crippen LogP contribution in [0.4, 0.5) is 0 Å². The van der Waals surface area contributed by atoms with Crippen molar-refractivity contribution < 1.29 is 4.79 Å². The highest BCUT2D eigenvalue weighted by Crippen LogP contribution is 2.68. The van der Waals surface area contributed by atoms with Crippen LogP contribution in [-0.2, 0) is 0 Å². The maximum atomic E-state index is 13.5. The molecule has 0 heterocycles. The number of carbonyl (C=O) groups excluding carboxylic acids is 1. The molecule has 0 radical (unpaired) electrons. The van der Waals surface area contributed by atoms with Gasteiger partial charge in [-0.25, -0.2) is 0 Å². The number of fused-ring (bicyclic) bond motifs is 5. The van der Waals surface area contributed by atoms with Crippen LogP contribution < -0.4 is 0 Å². The normalized spacial score (nSPS) is 46.5. The van der Waals surface area contributed by atoms with Crippen LogP contribution in [0.15, 0.2) is 24.3 Å². The summed E-state index contributed by atoms with van der Waals surface area (Å²) in [6, 6.07) is 7.63. The van der Waals surface area contributed by atoms with E-state index in [1.165, 1.54) is 51.4 Å². The molecule has 0 spiro atoms. The van der Waals surface area contributed by atoms with Crippen molar-refractivity contribution in [2.75, 3.05) is 0 Å². The fourth-order valence-electron chi connectivity index (χ4n) is 8.75. The molecule has 1 aromatic rings. The highest BCUT2D eigenvalue weighted by Gasteiger charge is 2.61. The van der Waals surface area contributed by atoms with E-state index >= 15 is 0 Å². The largest absolute Gasteiger partial charge is 0.294 e. The van der Waals surface area contributed by atoms with Gasteiger partial charge in [0.2, 0.25) is 0 Å². The zero-order valence-electron chi connectivity index (χ0n) is 18.4. The summed E-state index contributed by atoms with van der Waals surface area (Å²) in [6.45, 7) is 7.57. The molecule has 0 bridgehead atoms. The fraction of sp³-hybridized carbons (Fsp3) is 0.741. The molecule has 29 heavy (non-hydrogen) atoms. The SMILES string of the molecule is CC1CCC2(C)C(CCC3C2CCC2(C)C(C(=O)c4cccc(Cl)c4)CCC32)C1. The van der Waals surface area contributed by atoms with Gasteiger partial charge in [-0.05, 0) is 104 Å². The number of rotatable bonds is 2. The Balaban J connectivity index is 1.40. The minimum Gasteiger partial charge on any atom is -0.294 e. The van der Waals surface area contributed by atoms with Crippen LogP contribution in [0.2, 0.25) is 5.02 Å². The Bertz CT molecular complexity index is 801. The van der Waals surface area contributed by atoms with Crippen LogP contribution >= 0.6 is 11.6 Å². The molecular weight excluding hydrogens is 376 g/mol. The van der Waals surface area contributed by atoms with E-state index in [-0.39, 0.29) is 11.3 Å². The number of halogens is 1. The third-order valence-electron chi connectivity index (χ3n) is 10.4. The lowest BCUT2D eigenvalue weighted by Gasteiger charge is -2.61. The second-order valence-corrected chi connectivity index (χ2v) is 12.0. The number of Topliss-reactive ketones (excluding diaryl/α,β-unsaturated/α-hetero) is 1. The van der Waals surface area contributed by atoms with Crippen molar-refractivity contribution in [3.8, 4) is 0 Å². The van der Waals surface area contributed by atoms with Crippen molar-refractivity contribution in [3.05, 3.63) is 34.9 Å². The highest BCUT2D eigenvalue weighted by atomic mass is 35.5. The van der Waals surface area contributed by atoms with E-state index in [4.69, 9.17) is 11.6 Å². The van der Waals surface area contributed by atoms with Gasteiger partial charge in [-0.15, -0.1) is 0 Å². The van der Waals surface area contributed by atoms with E-state index < -0.39 is 0 Å². The number of carbonyl (C=O) groups is 1. The zero-order valence-corrected chi connectivity index (χ0v) is 19.2. The third-order valence-corrected chi connectivity index (χ3v) is 10.6. The summed E-state index contributed by atoms with van der Waals surface area (Å²) in [7, 11) is 0.